The van der Waals surface area contributed by atoms with E-state index >= 15 is 0 Å². The lowest BCUT2D eigenvalue weighted by Gasteiger charge is -2.09. The molecule has 2 rings (SSSR count). The lowest BCUT2D eigenvalue weighted by molar-refractivity contribution is 1.13. The predicted octanol–water partition coefficient (Wildman–Crippen LogP) is 1.23. The molecule has 0 saturated heterocycles. The Morgan fingerprint density at radius 2 is 1.50 bits per heavy atom. The van der Waals surface area contributed by atoms with Crippen LogP contribution in [0.2, 0.25) is 0 Å². The highest BCUT2D eigenvalue weighted by Crippen LogP contribution is 2.21. The lowest BCUT2D eigenvalue weighted by atomic mass is 10.3. The first kappa shape index (κ1) is 8.74. The van der Waals surface area contributed by atoms with E-state index < -0.39 is 0 Å². The predicted molar refractivity (Wildman–Crippen MR) is 57.4 cm³/mol. The molecule has 14 heavy (non-hydrogen) atoms. The zero-order chi connectivity index (χ0) is 10.1. The number of fused-ring (bicyclic) bond motifs is 1. The maximum atomic E-state index is 5.50. The number of nitrogen functional groups attached to an aromatic ring is 1. The van der Waals surface area contributed by atoms with Crippen LogP contribution in [0.5, 0.6) is 0 Å². The summed E-state index contributed by atoms with van der Waals surface area (Å²) >= 11 is 0. The molecule has 1 aliphatic carbocycles. The van der Waals surface area contributed by atoms with E-state index in [1.807, 2.05) is 43.3 Å². The van der Waals surface area contributed by atoms with Gasteiger partial charge in [0.05, 0.1) is 11.4 Å². The molecule has 0 aromatic carbocycles. The van der Waals surface area contributed by atoms with Crippen molar-refractivity contribution < 1.29 is 0 Å². The molecule has 0 aromatic rings. The summed E-state index contributed by atoms with van der Waals surface area (Å²) in [4.78, 5) is 10.2. The van der Waals surface area contributed by atoms with Crippen molar-refractivity contribution in [2.24, 2.45) is 0 Å². The van der Waals surface area contributed by atoms with Crippen molar-refractivity contribution in [2.75, 3.05) is 24.7 Å². The molecule has 0 radical (unpaired) electrons. The van der Waals surface area contributed by atoms with Gasteiger partial charge in [-0.3, -0.25) is 0 Å². The van der Waals surface area contributed by atoms with Crippen molar-refractivity contribution in [1.29, 1.82) is 0 Å². The van der Waals surface area contributed by atoms with E-state index in [9.17, 15) is 0 Å². The Balaban J connectivity index is 2.56. The van der Waals surface area contributed by atoms with Crippen molar-refractivity contribution >= 4 is 11.6 Å². The minimum absolute atomic E-state index is 0.331. The Kier molecular flexibility index (Phi) is 1.96. The fourth-order valence-electron chi connectivity index (χ4n) is 1.31. The third kappa shape index (κ3) is 1.46. The van der Waals surface area contributed by atoms with E-state index in [4.69, 9.17) is 5.73 Å². The third-order valence-electron chi connectivity index (χ3n) is 2.07. The quantitative estimate of drug-likeness (QED) is 0.731. The molecule has 0 fully saturated rings. The van der Waals surface area contributed by atoms with Crippen molar-refractivity contribution in [3.05, 3.63) is 24.3 Å². The highest BCUT2D eigenvalue weighted by atomic mass is 15.1. The fourth-order valence-corrected chi connectivity index (χ4v) is 1.31. The Morgan fingerprint density at radius 3 is 1.93 bits per heavy atom. The van der Waals surface area contributed by atoms with Crippen LogP contribution in [-0.2, 0) is 0 Å². The number of nitrogens with two attached hydrogens (primary N) is 1. The third-order valence-corrected chi connectivity index (χ3v) is 2.07. The molecule has 0 aromatic heterocycles. The first-order valence-corrected chi connectivity index (χ1v) is 4.37. The number of aromatic nitrogens is 2. The highest BCUT2D eigenvalue weighted by molar-refractivity contribution is 5.62. The van der Waals surface area contributed by atoms with Crippen LogP contribution >= 0.6 is 0 Å². The summed E-state index contributed by atoms with van der Waals surface area (Å²) in [6.45, 7) is 0. The topological polar surface area (TPSA) is 55.0 Å². The van der Waals surface area contributed by atoms with Gasteiger partial charge >= 0.3 is 0 Å². The van der Waals surface area contributed by atoms with Crippen LogP contribution in [0.4, 0.5) is 11.6 Å². The first-order chi connectivity index (χ1) is 6.66. The van der Waals surface area contributed by atoms with Crippen LogP contribution in [-0.4, -0.2) is 24.1 Å². The Labute approximate surface area is 82.7 Å². The molecule has 4 heteroatoms. The number of hydrogen-bond donors (Lipinski definition) is 1. The number of rotatable bonds is 1. The number of hydrogen-bond acceptors (Lipinski definition) is 4. The molecular formula is C10H12N4. The van der Waals surface area contributed by atoms with E-state index in [1.54, 1.807) is 0 Å². The van der Waals surface area contributed by atoms with E-state index in [0.29, 0.717) is 5.95 Å². The van der Waals surface area contributed by atoms with Gasteiger partial charge in [0.15, 0.2) is 0 Å². The molecule has 72 valence electrons. The van der Waals surface area contributed by atoms with Gasteiger partial charge in [-0.15, -0.1) is 0 Å². The minimum Gasteiger partial charge on any atom is -0.378 e. The zero-order valence-electron chi connectivity index (χ0n) is 8.23. The smallest absolute Gasteiger partial charge is 0.221 e. The molecule has 0 saturated carbocycles. The van der Waals surface area contributed by atoms with Crippen LogP contribution in [0, 0.1) is 0 Å². The second-order valence-corrected chi connectivity index (χ2v) is 3.34. The molecule has 2 N–H and O–H groups in total. The highest BCUT2D eigenvalue weighted by Gasteiger charge is 2.06. The van der Waals surface area contributed by atoms with Crippen molar-refractivity contribution in [3.63, 3.8) is 0 Å². The summed E-state index contributed by atoms with van der Waals surface area (Å²) in [6.07, 6.45) is 0. The SMILES string of the molecule is CN(C)c1ccc2nc(N)nc-2cc1. The van der Waals surface area contributed by atoms with Gasteiger partial charge in [0.1, 0.15) is 0 Å². The molecule has 2 aliphatic rings. The average Bonchev–Trinajstić information content (AvgIpc) is 2.34. The molecule has 0 atom stereocenters. The van der Waals surface area contributed by atoms with Crippen molar-refractivity contribution in [2.45, 2.75) is 0 Å². The maximum absolute atomic E-state index is 5.50. The monoisotopic (exact) mass is 188 g/mol. The minimum atomic E-state index is 0.331. The summed E-state index contributed by atoms with van der Waals surface area (Å²) in [6, 6.07) is 7.84. The Bertz CT molecular complexity index is 391. The first-order valence-electron chi connectivity index (χ1n) is 4.37. The molecule has 0 unspecified atom stereocenters. The molecule has 0 amide bonds. The van der Waals surface area contributed by atoms with Crippen molar-refractivity contribution in [1.82, 2.24) is 9.97 Å². The van der Waals surface area contributed by atoms with E-state index in [2.05, 4.69) is 9.97 Å². The molecule has 0 bridgehead atoms. The van der Waals surface area contributed by atoms with Gasteiger partial charge in [-0.05, 0) is 24.3 Å². The summed E-state index contributed by atoms with van der Waals surface area (Å²) in [5, 5.41) is 0. The second-order valence-electron chi connectivity index (χ2n) is 3.34. The number of anilines is 2. The van der Waals surface area contributed by atoms with Gasteiger partial charge in [-0.25, -0.2) is 9.97 Å². The number of imidazole rings is 1. The van der Waals surface area contributed by atoms with Gasteiger partial charge in [-0.1, -0.05) is 0 Å². The maximum Gasteiger partial charge on any atom is 0.221 e. The van der Waals surface area contributed by atoms with Crippen LogP contribution in [0.15, 0.2) is 24.3 Å². The van der Waals surface area contributed by atoms with E-state index in [0.717, 1.165) is 17.1 Å². The molecule has 0 spiro atoms. The van der Waals surface area contributed by atoms with Gasteiger partial charge < -0.3 is 10.6 Å². The van der Waals surface area contributed by atoms with Crippen LogP contribution in [0.25, 0.3) is 11.4 Å². The normalized spacial score (nSPS) is 10.4. The number of nitrogens with zero attached hydrogens (tertiary/aromatic N) is 3. The van der Waals surface area contributed by atoms with Gasteiger partial charge in [-0.2, -0.15) is 0 Å². The average molecular weight is 188 g/mol. The van der Waals surface area contributed by atoms with Gasteiger partial charge in [0, 0.05) is 19.8 Å². The van der Waals surface area contributed by atoms with Crippen LogP contribution < -0.4 is 10.6 Å². The molecule has 4 nitrogen and oxygen atoms in total. The summed E-state index contributed by atoms with van der Waals surface area (Å²) in [5.41, 5.74) is 8.27. The Morgan fingerprint density at radius 1 is 1.00 bits per heavy atom. The standard InChI is InChI=1S/C10H12N4/c1-14(2)7-3-5-8-9(6-4-7)13-10(11)12-8/h3-6H,1-2H3,(H2,11,12,13). The fraction of sp³-hybridized carbons (Fsp3) is 0.200. The lowest BCUT2D eigenvalue weighted by Crippen LogP contribution is -2.07. The summed E-state index contributed by atoms with van der Waals surface area (Å²) in [7, 11) is 3.99. The zero-order valence-corrected chi connectivity index (χ0v) is 8.23. The second kappa shape index (κ2) is 3.14. The van der Waals surface area contributed by atoms with Crippen molar-refractivity contribution in [3.8, 4) is 11.4 Å². The van der Waals surface area contributed by atoms with Gasteiger partial charge in [0.25, 0.3) is 0 Å². The largest absolute Gasteiger partial charge is 0.378 e. The van der Waals surface area contributed by atoms with Crippen LogP contribution in [0.3, 0.4) is 0 Å². The van der Waals surface area contributed by atoms with E-state index in [1.165, 1.54) is 0 Å². The van der Waals surface area contributed by atoms with Gasteiger partial charge in [0.2, 0.25) is 5.95 Å². The van der Waals surface area contributed by atoms with Crippen LogP contribution in [0.1, 0.15) is 0 Å². The molecular weight excluding hydrogens is 176 g/mol. The molecule has 1 aliphatic heterocycles. The molecule has 1 heterocycles. The van der Waals surface area contributed by atoms with E-state index in [-0.39, 0.29) is 0 Å². The summed E-state index contributed by atoms with van der Waals surface area (Å²) in [5.74, 6) is 0.331. The summed E-state index contributed by atoms with van der Waals surface area (Å²) < 4.78 is 0. The Hall–Kier alpha value is -1.84.